The van der Waals surface area contributed by atoms with Crippen molar-refractivity contribution in [3.63, 3.8) is 0 Å². The van der Waals surface area contributed by atoms with E-state index in [1.165, 1.54) is 0 Å². The van der Waals surface area contributed by atoms with Gasteiger partial charge in [-0.2, -0.15) is 5.10 Å². The minimum Gasteiger partial charge on any atom is -0.349 e. The summed E-state index contributed by atoms with van der Waals surface area (Å²) in [4.78, 5) is 12.3. The van der Waals surface area contributed by atoms with Crippen LogP contribution in [0.4, 0.5) is 0 Å². The molecule has 0 fully saturated rings. The summed E-state index contributed by atoms with van der Waals surface area (Å²) in [6.45, 7) is 2.10. The van der Waals surface area contributed by atoms with Crippen LogP contribution in [0.15, 0.2) is 41.0 Å². The number of benzene rings is 1. The Kier molecular flexibility index (Phi) is 5.95. The lowest BCUT2D eigenvalue weighted by atomic mass is 9.92. The molecule has 1 atom stereocenters. The van der Waals surface area contributed by atoms with Crippen molar-refractivity contribution in [1.29, 1.82) is 0 Å². The minimum atomic E-state index is -1.07. The van der Waals surface area contributed by atoms with Crippen LogP contribution < -0.4 is 11.1 Å². The fraction of sp³-hybridized carbons (Fsp3) is 0.286. The standard InChI is InChI=1S/C14H17BrN4O.ClH/c1-14(16,10-3-5-11(15)6-4-10)13(20)17-9-12-7-8-18-19(12)2;/h3-8H,9,16H2,1-2H3,(H,17,20);1H. The maximum Gasteiger partial charge on any atom is 0.244 e. The van der Waals surface area contributed by atoms with Crippen LogP contribution in [0.2, 0.25) is 0 Å². The van der Waals surface area contributed by atoms with E-state index in [-0.39, 0.29) is 18.3 Å². The molecule has 21 heavy (non-hydrogen) atoms. The first-order chi connectivity index (χ1) is 9.41. The molecule has 0 aliphatic carbocycles. The number of aryl methyl sites for hydroxylation is 1. The fourth-order valence-corrected chi connectivity index (χ4v) is 2.12. The highest BCUT2D eigenvalue weighted by molar-refractivity contribution is 9.10. The van der Waals surface area contributed by atoms with Crippen LogP contribution in [0, 0.1) is 0 Å². The maximum absolute atomic E-state index is 12.3. The van der Waals surface area contributed by atoms with Crippen LogP contribution in [-0.4, -0.2) is 15.7 Å². The number of rotatable bonds is 4. The molecule has 2 aromatic rings. The minimum absolute atomic E-state index is 0. The summed E-state index contributed by atoms with van der Waals surface area (Å²) in [7, 11) is 1.83. The topological polar surface area (TPSA) is 72.9 Å². The highest BCUT2D eigenvalue weighted by Crippen LogP contribution is 2.20. The molecule has 3 N–H and O–H groups in total. The number of halogens is 2. The third-order valence-electron chi connectivity index (χ3n) is 3.27. The third kappa shape index (κ3) is 4.06. The molecule has 0 aliphatic rings. The molecule has 0 aliphatic heterocycles. The fourth-order valence-electron chi connectivity index (χ4n) is 1.86. The molecule has 1 amide bonds. The summed E-state index contributed by atoms with van der Waals surface area (Å²) in [5.74, 6) is -0.221. The normalized spacial score (nSPS) is 13.1. The molecule has 0 saturated carbocycles. The van der Waals surface area contributed by atoms with Gasteiger partial charge in [-0.25, -0.2) is 0 Å². The van der Waals surface area contributed by atoms with E-state index < -0.39 is 5.54 Å². The predicted molar refractivity (Wildman–Crippen MR) is 88.0 cm³/mol. The van der Waals surface area contributed by atoms with Crippen LogP contribution in [0.25, 0.3) is 0 Å². The molecule has 7 heteroatoms. The van der Waals surface area contributed by atoms with E-state index in [1.54, 1.807) is 17.8 Å². The number of amides is 1. The van der Waals surface area contributed by atoms with Crippen LogP contribution in [0.1, 0.15) is 18.2 Å². The Morgan fingerprint density at radius 2 is 2.00 bits per heavy atom. The zero-order chi connectivity index (χ0) is 14.8. The van der Waals surface area contributed by atoms with Gasteiger partial charge in [0.2, 0.25) is 5.91 Å². The molecule has 1 aromatic heterocycles. The smallest absolute Gasteiger partial charge is 0.244 e. The van der Waals surface area contributed by atoms with E-state index in [4.69, 9.17) is 5.73 Å². The first-order valence-electron chi connectivity index (χ1n) is 6.21. The van der Waals surface area contributed by atoms with Gasteiger partial charge in [0.05, 0.1) is 12.2 Å². The summed E-state index contributed by atoms with van der Waals surface area (Å²) < 4.78 is 2.67. The van der Waals surface area contributed by atoms with Crippen molar-refractivity contribution in [1.82, 2.24) is 15.1 Å². The third-order valence-corrected chi connectivity index (χ3v) is 3.80. The van der Waals surface area contributed by atoms with Gasteiger partial charge in [0.25, 0.3) is 0 Å². The van der Waals surface area contributed by atoms with Gasteiger partial charge in [-0.1, -0.05) is 28.1 Å². The molecule has 5 nitrogen and oxygen atoms in total. The Morgan fingerprint density at radius 1 is 1.38 bits per heavy atom. The Labute approximate surface area is 138 Å². The SMILES string of the molecule is Cl.Cn1nccc1CNC(=O)C(C)(N)c1ccc(Br)cc1. The molecule has 114 valence electrons. The van der Waals surface area contributed by atoms with Gasteiger partial charge in [-0.15, -0.1) is 12.4 Å². The van der Waals surface area contributed by atoms with Gasteiger partial charge in [-0.3, -0.25) is 9.48 Å². The van der Waals surface area contributed by atoms with Crippen LogP contribution in [-0.2, 0) is 23.9 Å². The number of carbonyl (C=O) groups excluding carboxylic acids is 1. The average Bonchev–Trinajstić information content (AvgIpc) is 2.82. The first-order valence-corrected chi connectivity index (χ1v) is 7.00. The second kappa shape index (κ2) is 7.06. The van der Waals surface area contributed by atoms with Gasteiger partial charge in [0, 0.05) is 17.7 Å². The van der Waals surface area contributed by atoms with Crippen molar-refractivity contribution in [3.8, 4) is 0 Å². The van der Waals surface area contributed by atoms with E-state index in [1.807, 2.05) is 37.4 Å². The Morgan fingerprint density at radius 3 is 2.52 bits per heavy atom. The highest BCUT2D eigenvalue weighted by Gasteiger charge is 2.30. The summed E-state index contributed by atoms with van der Waals surface area (Å²) in [5, 5.41) is 6.90. The van der Waals surface area contributed by atoms with Crippen LogP contribution >= 0.6 is 28.3 Å². The van der Waals surface area contributed by atoms with Crippen LogP contribution in [0.5, 0.6) is 0 Å². The van der Waals surface area contributed by atoms with Gasteiger partial charge >= 0.3 is 0 Å². The number of hydrogen-bond acceptors (Lipinski definition) is 3. The average molecular weight is 374 g/mol. The molecular formula is C14H18BrClN4O. The number of hydrogen-bond donors (Lipinski definition) is 2. The first kappa shape index (κ1) is 17.7. The van der Waals surface area contributed by atoms with E-state index in [0.29, 0.717) is 6.54 Å². The van der Waals surface area contributed by atoms with E-state index in [0.717, 1.165) is 15.7 Å². The highest BCUT2D eigenvalue weighted by atomic mass is 79.9. The Bertz CT molecular complexity index is 610. The Balaban J connectivity index is 0.00000220. The monoisotopic (exact) mass is 372 g/mol. The number of carbonyl (C=O) groups is 1. The van der Waals surface area contributed by atoms with E-state index in [2.05, 4.69) is 26.3 Å². The number of aromatic nitrogens is 2. The van der Waals surface area contributed by atoms with Gasteiger partial charge in [-0.05, 0) is 30.7 Å². The molecule has 1 heterocycles. The van der Waals surface area contributed by atoms with Gasteiger partial charge < -0.3 is 11.1 Å². The quantitative estimate of drug-likeness (QED) is 0.862. The summed E-state index contributed by atoms with van der Waals surface area (Å²) in [6, 6.07) is 9.28. The number of nitrogens with zero attached hydrogens (tertiary/aromatic N) is 2. The predicted octanol–water partition coefficient (Wildman–Crippen LogP) is 2.09. The molecule has 2 rings (SSSR count). The second-order valence-corrected chi connectivity index (χ2v) is 5.75. The van der Waals surface area contributed by atoms with Crippen molar-refractivity contribution in [2.24, 2.45) is 12.8 Å². The number of nitrogens with one attached hydrogen (secondary N) is 1. The van der Waals surface area contributed by atoms with Crippen LogP contribution in [0.3, 0.4) is 0 Å². The van der Waals surface area contributed by atoms with E-state index >= 15 is 0 Å². The molecule has 1 aromatic carbocycles. The summed E-state index contributed by atoms with van der Waals surface area (Å²) in [6.07, 6.45) is 1.69. The molecule has 1 unspecified atom stereocenters. The largest absolute Gasteiger partial charge is 0.349 e. The molecule has 0 spiro atoms. The summed E-state index contributed by atoms with van der Waals surface area (Å²) >= 11 is 3.36. The van der Waals surface area contributed by atoms with Crippen molar-refractivity contribution in [3.05, 3.63) is 52.3 Å². The van der Waals surface area contributed by atoms with E-state index in [9.17, 15) is 4.79 Å². The van der Waals surface area contributed by atoms with Gasteiger partial charge in [0.1, 0.15) is 5.54 Å². The zero-order valence-electron chi connectivity index (χ0n) is 11.8. The lowest BCUT2D eigenvalue weighted by Gasteiger charge is -2.24. The van der Waals surface area contributed by atoms with Crippen molar-refractivity contribution in [2.45, 2.75) is 19.0 Å². The second-order valence-electron chi connectivity index (χ2n) is 4.84. The number of nitrogens with two attached hydrogens (primary N) is 1. The van der Waals surface area contributed by atoms with Crippen molar-refractivity contribution in [2.75, 3.05) is 0 Å². The molecule has 0 bridgehead atoms. The van der Waals surface area contributed by atoms with Crippen molar-refractivity contribution < 1.29 is 4.79 Å². The van der Waals surface area contributed by atoms with Gasteiger partial charge in [0.15, 0.2) is 0 Å². The molecule has 0 saturated heterocycles. The molecule has 0 radical (unpaired) electrons. The lowest BCUT2D eigenvalue weighted by Crippen LogP contribution is -2.48. The maximum atomic E-state index is 12.3. The summed E-state index contributed by atoms with van der Waals surface area (Å²) in [5.41, 5.74) is 6.78. The Hall–Kier alpha value is -1.37. The lowest BCUT2D eigenvalue weighted by molar-refractivity contribution is -0.126. The van der Waals surface area contributed by atoms with Crippen molar-refractivity contribution >= 4 is 34.2 Å². The zero-order valence-corrected chi connectivity index (χ0v) is 14.2. The molecular weight excluding hydrogens is 356 g/mol.